The number of ether oxygens (including phenoxy) is 1. The Morgan fingerprint density at radius 1 is 1.50 bits per heavy atom. The normalized spacial score (nSPS) is 20.5. The summed E-state index contributed by atoms with van der Waals surface area (Å²) in [4.78, 5) is 2.38. The van der Waals surface area contributed by atoms with Gasteiger partial charge in [-0.1, -0.05) is 0 Å². The second-order valence-electron chi connectivity index (χ2n) is 4.86. The van der Waals surface area contributed by atoms with Crippen LogP contribution in [0.3, 0.4) is 0 Å². The van der Waals surface area contributed by atoms with Crippen molar-refractivity contribution in [3.63, 3.8) is 0 Å². The van der Waals surface area contributed by atoms with Crippen molar-refractivity contribution < 1.29 is 9.84 Å². The van der Waals surface area contributed by atoms with Crippen LogP contribution in [-0.4, -0.2) is 17.8 Å². The first-order valence-electron chi connectivity index (χ1n) is 5.86. The van der Waals surface area contributed by atoms with Crippen LogP contribution in [0.25, 0.3) is 0 Å². The second kappa shape index (κ2) is 4.47. The number of hydrogen-bond acceptors (Lipinski definition) is 3. The van der Waals surface area contributed by atoms with Gasteiger partial charge in [0, 0.05) is 23.3 Å². The quantitative estimate of drug-likeness (QED) is 0.874. The lowest BCUT2D eigenvalue weighted by atomic mass is 9.76. The van der Waals surface area contributed by atoms with Gasteiger partial charge in [0.05, 0.1) is 11.7 Å². The van der Waals surface area contributed by atoms with Crippen molar-refractivity contribution in [2.45, 2.75) is 51.2 Å². The predicted molar refractivity (Wildman–Crippen MR) is 67.0 cm³/mol. The van der Waals surface area contributed by atoms with E-state index in [4.69, 9.17) is 4.74 Å². The van der Waals surface area contributed by atoms with Crippen LogP contribution < -0.4 is 0 Å². The molecule has 1 N–H and O–H groups in total. The molecular formula is C13H20O2S. The minimum Gasteiger partial charge on any atom is -0.387 e. The topological polar surface area (TPSA) is 29.5 Å². The number of hydrogen-bond donors (Lipinski definition) is 1. The molecule has 90 valence electrons. The first-order chi connectivity index (χ1) is 7.56. The maximum atomic E-state index is 10.3. The summed E-state index contributed by atoms with van der Waals surface area (Å²) >= 11 is 1.70. The predicted octanol–water partition coefficient (Wildman–Crippen LogP) is 3.36. The molecule has 0 spiro atoms. The van der Waals surface area contributed by atoms with Crippen molar-refractivity contribution in [2.75, 3.05) is 7.11 Å². The third kappa shape index (κ3) is 2.17. The summed E-state index contributed by atoms with van der Waals surface area (Å²) in [6.07, 6.45) is 3.78. The molecule has 1 fully saturated rings. The zero-order valence-corrected chi connectivity index (χ0v) is 11.1. The number of aliphatic hydroxyl groups is 1. The Kier molecular flexibility index (Phi) is 3.38. The van der Waals surface area contributed by atoms with E-state index < -0.39 is 0 Å². The van der Waals surface area contributed by atoms with Gasteiger partial charge in [0.2, 0.25) is 0 Å². The molecule has 1 aliphatic rings. The largest absolute Gasteiger partial charge is 0.387 e. The standard InChI is InChI=1S/C13H20O2S/c1-9-7-10(2)16-12(9)11(14)8-13(15-3)5-4-6-13/h7,11,14H,4-6,8H2,1-3H3. The summed E-state index contributed by atoms with van der Waals surface area (Å²) < 4.78 is 5.56. The molecule has 0 amide bonds. The van der Waals surface area contributed by atoms with Crippen molar-refractivity contribution in [3.05, 3.63) is 21.4 Å². The summed E-state index contributed by atoms with van der Waals surface area (Å²) in [7, 11) is 1.76. The average Bonchev–Trinajstić information content (AvgIpc) is 2.51. The molecular weight excluding hydrogens is 220 g/mol. The van der Waals surface area contributed by atoms with E-state index in [-0.39, 0.29) is 11.7 Å². The zero-order chi connectivity index (χ0) is 11.8. The molecule has 0 aromatic carbocycles. The van der Waals surface area contributed by atoms with Crippen LogP contribution in [0, 0.1) is 13.8 Å². The van der Waals surface area contributed by atoms with Gasteiger partial charge in [-0.3, -0.25) is 0 Å². The second-order valence-corrected chi connectivity index (χ2v) is 6.15. The minimum absolute atomic E-state index is 0.0518. The molecule has 0 aliphatic heterocycles. The van der Waals surface area contributed by atoms with Gasteiger partial charge in [-0.2, -0.15) is 0 Å². The van der Waals surface area contributed by atoms with Crippen LogP contribution >= 0.6 is 11.3 Å². The van der Waals surface area contributed by atoms with Gasteiger partial charge in [0.15, 0.2) is 0 Å². The van der Waals surface area contributed by atoms with Crippen LogP contribution in [-0.2, 0) is 4.74 Å². The number of aliphatic hydroxyl groups excluding tert-OH is 1. The summed E-state index contributed by atoms with van der Waals surface area (Å²) in [5.74, 6) is 0. The lowest BCUT2D eigenvalue weighted by Gasteiger charge is -2.41. The lowest BCUT2D eigenvalue weighted by Crippen LogP contribution is -2.40. The highest BCUT2D eigenvalue weighted by Gasteiger charge is 2.39. The lowest BCUT2D eigenvalue weighted by molar-refractivity contribution is -0.0995. The van der Waals surface area contributed by atoms with Crippen molar-refractivity contribution in [1.29, 1.82) is 0 Å². The van der Waals surface area contributed by atoms with Crippen molar-refractivity contribution in [1.82, 2.24) is 0 Å². The van der Waals surface area contributed by atoms with Gasteiger partial charge >= 0.3 is 0 Å². The van der Waals surface area contributed by atoms with Gasteiger partial charge in [-0.25, -0.2) is 0 Å². The third-order valence-electron chi connectivity index (χ3n) is 3.65. The molecule has 1 aromatic rings. The summed E-state index contributed by atoms with van der Waals surface area (Å²) in [5.41, 5.74) is 1.16. The maximum absolute atomic E-state index is 10.3. The van der Waals surface area contributed by atoms with Crippen LogP contribution in [0.5, 0.6) is 0 Å². The molecule has 1 aliphatic carbocycles. The first kappa shape index (κ1) is 12.1. The smallest absolute Gasteiger partial charge is 0.0912 e. The molecule has 0 radical (unpaired) electrons. The molecule has 1 heterocycles. The molecule has 0 saturated heterocycles. The van der Waals surface area contributed by atoms with E-state index in [1.54, 1.807) is 18.4 Å². The van der Waals surface area contributed by atoms with Crippen LogP contribution in [0.2, 0.25) is 0 Å². The maximum Gasteiger partial charge on any atom is 0.0912 e. The van der Waals surface area contributed by atoms with Crippen LogP contribution in [0.15, 0.2) is 6.07 Å². The van der Waals surface area contributed by atoms with Crippen LogP contribution in [0.4, 0.5) is 0 Å². The fraction of sp³-hybridized carbons (Fsp3) is 0.692. The Balaban J connectivity index is 2.07. The Bertz CT molecular complexity index is 360. The third-order valence-corrected chi connectivity index (χ3v) is 4.90. The number of methoxy groups -OCH3 is 1. The van der Waals surface area contributed by atoms with Gasteiger partial charge in [0.1, 0.15) is 0 Å². The van der Waals surface area contributed by atoms with Gasteiger partial charge in [-0.05, 0) is 44.7 Å². The Labute approximate surface area is 101 Å². The fourth-order valence-electron chi connectivity index (χ4n) is 2.50. The van der Waals surface area contributed by atoms with E-state index in [2.05, 4.69) is 19.9 Å². The van der Waals surface area contributed by atoms with Crippen molar-refractivity contribution in [3.8, 4) is 0 Å². The summed E-state index contributed by atoms with van der Waals surface area (Å²) in [6, 6.07) is 2.14. The van der Waals surface area contributed by atoms with Crippen molar-refractivity contribution >= 4 is 11.3 Å². The summed E-state index contributed by atoms with van der Waals surface area (Å²) in [5, 5.41) is 10.3. The molecule has 0 bridgehead atoms. The molecule has 16 heavy (non-hydrogen) atoms. The highest BCUT2D eigenvalue weighted by Crippen LogP contribution is 2.43. The monoisotopic (exact) mass is 240 g/mol. The van der Waals surface area contributed by atoms with Crippen molar-refractivity contribution in [2.24, 2.45) is 0 Å². The van der Waals surface area contributed by atoms with Crippen LogP contribution in [0.1, 0.15) is 47.1 Å². The van der Waals surface area contributed by atoms with E-state index in [1.165, 1.54) is 16.9 Å². The molecule has 1 unspecified atom stereocenters. The first-order valence-corrected chi connectivity index (χ1v) is 6.68. The Hall–Kier alpha value is -0.380. The molecule has 3 heteroatoms. The van der Waals surface area contributed by atoms with E-state index in [9.17, 15) is 5.11 Å². The summed E-state index contributed by atoms with van der Waals surface area (Å²) in [6.45, 7) is 4.16. The molecule has 1 saturated carbocycles. The van der Waals surface area contributed by atoms with Gasteiger partial charge < -0.3 is 9.84 Å². The average molecular weight is 240 g/mol. The number of rotatable bonds is 4. The highest BCUT2D eigenvalue weighted by atomic mass is 32.1. The van der Waals surface area contributed by atoms with E-state index in [0.717, 1.165) is 24.1 Å². The molecule has 1 aromatic heterocycles. The SMILES string of the molecule is COC1(CC(O)c2sc(C)cc2C)CCC1. The van der Waals surface area contributed by atoms with E-state index in [1.807, 2.05) is 0 Å². The van der Waals surface area contributed by atoms with Gasteiger partial charge in [-0.15, -0.1) is 11.3 Å². The Morgan fingerprint density at radius 2 is 2.19 bits per heavy atom. The molecule has 2 rings (SSSR count). The zero-order valence-electron chi connectivity index (χ0n) is 10.2. The minimum atomic E-state index is -0.362. The van der Waals surface area contributed by atoms with E-state index in [0.29, 0.717) is 0 Å². The number of aryl methyl sites for hydroxylation is 2. The fourth-order valence-corrected chi connectivity index (χ4v) is 3.52. The van der Waals surface area contributed by atoms with Gasteiger partial charge in [0.25, 0.3) is 0 Å². The molecule has 2 nitrogen and oxygen atoms in total. The Morgan fingerprint density at radius 3 is 2.56 bits per heavy atom. The number of thiophene rings is 1. The molecule has 1 atom stereocenters. The highest BCUT2D eigenvalue weighted by molar-refractivity contribution is 7.12. The van der Waals surface area contributed by atoms with E-state index >= 15 is 0 Å².